The van der Waals surface area contributed by atoms with Crippen LogP contribution in [0.1, 0.15) is 24.2 Å². The van der Waals surface area contributed by atoms with E-state index in [4.69, 9.17) is 0 Å². The summed E-state index contributed by atoms with van der Waals surface area (Å²) in [6.45, 7) is 9.56. The zero-order chi connectivity index (χ0) is 16.8. The maximum absolute atomic E-state index is 12.4. The molecule has 23 heavy (non-hydrogen) atoms. The van der Waals surface area contributed by atoms with E-state index >= 15 is 0 Å². The van der Waals surface area contributed by atoms with Crippen molar-refractivity contribution >= 4 is 17.7 Å². The maximum Gasteiger partial charge on any atom is 0.251 e. The van der Waals surface area contributed by atoms with Crippen LogP contribution in [0.3, 0.4) is 0 Å². The lowest BCUT2D eigenvalue weighted by atomic mass is 10.0. The quantitative estimate of drug-likeness (QED) is 0.810. The van der Waals surface area contributed by atoms with E-state index in [1.165, 1.54) is 4.90 Å². The molecular weight excluding hydrogens is 306 g/mol. The first-order valence-electron chi connectivity index (χ1n) is 8.36. The third-order valence-electron chi connectivity index (χ3n) is 4.60. The summed E-state index contributed by atoms with van der Waals surface area (Å²) in [6.07, 6.45) is 2.04. The second kappa shape index (κ2) is 8.71. The molecule has 1 fully saturated rings. The van der Waals surface area contributed by atoms with Crippen molar-refractivity contribution in [1.29, 1.82) is 0 Å². The van der Waals surface area contributed by atoms with E-state index in [0.717, 1.165) is 31.7 Å². The molecule has 1 atom stereocenters. The molecule has 1 N–H and O–H groups in total. The van der Waals surface area contributed by atoms with Crippen molar-refractivity contribution in [1.82, 2.24) is 15.1 Å². The normalized spacial score (nSPS) is 18.1. The summed E-state index contributed by atoms with van der Waals surface area (Å²) in [6, 6.07) is 8.21. The van der Waals surface area contributed by atoms with E-state index in [0.29, 0.717) is 18.5 Å². The number of carbonyl (C=O) groups excluding carboxylic acids is 1. The number of thioether (sulfide) groups is 1. The Morgan fingerprint density at radius 2 is 1.78 bits per heavy atom. The first kappa shape index (κ1) is 18.3. The Bertz CT molecular complexity index is 495. The van der Waals surface area contributed by atoms with Crippen molar-refractivity contribution in [2.24, 2.45) is 5.92 Å². The largest absolute Gasteiger partial charge is 0.350 e. The van der Waals surface area contributed by atoms with Gasteiger partial charge in [-0.25, -0.2) is 0 Å². The Balaban J connectivity index is 1.91. The zero-order valence-electron chi connectivity index (χ0n) is 14.7. The first-order chi connectivity index (χ1) is 11.0. The summed E-state index contributed by atoms with van der Waals surface area (Å²) in [5, 5.41) is 3.13. The second-order valence-electron chi connectivity index (χ2n) is 6.59. The third kappa shape index (κ3) is 5.23. The third-order valence-corrected chi connectivity index (χ3v) is 5.34. The number of hydrogen-bond acceptors (Lipinski definition) is 4. The monoisotopic (exact) mass is 335 g/mol. The van der Waals surface area contributed by atoms with Crippen LogP contribution in [0.2, 0.25) is 0 Å². The highest BCUT2D eigenvalue weighted by Crippen LogP contribution is 2.16. The standard InChI is InChI=1S/C18H29N3OS/c1-14(2)17(21-11-9-20(3)10-12-21)13-19-18(22)15-5-7-16(23-4)8-6-15/h5-8,14,17H,9-13H2,1-4H3,(H,19,22). The average Bonchev–Trinajstić information content (AvgIpc) is 2.56. The Hall–Kier alpha value is -1.04. The highest BCUT2D eigenvalue weighted by molar-refractivity contribution is 7.98. The van der Waals surface area contributed by atoms with Gasteiger partial charge in [-0.05, 0) is 43.5 Å². The van der Waals surface area contributed by atoms with Gasteiger partial charge in [-0.1, -0.05) is 13.8 Å². The second-order valence-corrected chi connectivity index (χ2v) is 7.47. The summed E-state index contributed by atoms with van der Waals surface area (Å²) in [5.74, 6) is 0.551. The maximum atomic E-state index is 12.4. The van der Waals surface area contributed by atoms with Gasteiger partial charge in [-0.2, -0.15) is 0 Å². The molecule has 0 spiro atoms. The lowest BCUT2D eigenvalue weighted by Crippen LogP contribution is -2.54. The molecule has 1 unspecified atom stereocenters. The summed E-state index contributed by atoms with van der Waals surface area (Å²) in [5.41, 5.74) is 0.740. The molecule has 1 aliphatic heterocycles. The molecule has 4 nitrogen and oxygen atoms in total. The predicted molar refractivity (Wildman–Crippen MR) is 98.3 cm³/mol. The molecular formula is C18H29N3OS. The summed E-state index contributed by atoms with van der Waals surface area (Å²) < 4.78 is 0. The molecule has 0 bridgehead atoms. The van der Waals surface area contributed by atoms with E-state index < -0.39 is 0 Å². The average molecular weight is 336 g/mol. The Morgan fingerprint density at radius 1 is 1.17 bits per heavy atom. The topological polar surface area (TPSA) is 35.6 Å². The minimum absolute atomic E-state index is 0.0254. The van der Waals surface area contributed by atoms with Gasteiger partial charge in [0.1, 0.15) is 0 Å². The fraction of sp³-hybridized carbons (Fsp3) is 0.611. The SMILES string of the molecule is CSc1ccc(C(=O)NCC(C(C)C)N2CCN(C)CC2)cc1. The van der Waals surface area contributed by atoms with Crippen molar-refractivity contribution in [3.8, 4) is 0 Å². The van der Waals surface area contributed by atoms with Crippen molar-refractivity contribution in [3.05, 3.63) is 29.8 Å². The van der Waals surface area contributed by atoms with Gasteiger partial charge in [0.25, 0.3) is 5.91 Å². The van der Waals surface area contributed by atoms with E-state index in [-0.39, 0.29) is 5.91 Å². The predicted octanol–water partition coefficient (Wildman–Crippen LogP) is 2.41. The van der Waals surface area contributed by atoms with Crippen LogP contribution < -0.4 is 5.32 Å². The minimum Gasteiger partial charge on any atom is -0.350 e. The van der Waals surface area contributed by atoms with Crippen LogP contribution in [0.25, 0.3) is 0 Å². The molecule has 0 aromatic heterocycles. The molecule has 5 heteroatoms. The van der Waals surface area contributed by atoms with E-state index in [1.807, 2.05) is 30.5 Å². The highest BCUT2D eigenvalue weighted by Gasteiger charge is 2.25. The first-order valence-corrected chi connectivity index (χ1v) is 9.58. The number of hydrogen-bond donors (Lipinski definition) is 1. The van der Waals surface area contributed by atoms with Gasteiger partial charge in [0.2, 0.25) is 0 Å². The van der Waals surface area contributed by atoms with E-state index in [1.54, 1.807) is 11.8 Å². The van der Waals surface area contributed by atoms with Gasteiger partial charge in [-0.15, -0.1) is 11.8 Å². The van der Waals surface area contributed by atoms with E-state index in [2.05, 4.69) is 36.0 Å². The minimum atomic E-state index is 0.0254. The van der Waals surface area contributed by atoms with Gasteiger partial charge in [0.05, 0.1) is 0 Å². The van der Waals surface area contributed by atoms with E-state index in [9.17, 15) is 4.79 Å². The highest BCUT2D eigenvalue weighted by atomic mass is 32.2. The van der Waals surface area contributed by atoms with Crippen LogP contribution in [0.4, 0.5) is 0 Å². The molecule has 1 aromatic rings. The number of nitrogens with zero attached hydrogens (tertiary/aromatic N) is 2. The van der Waals surface area contributed by atoms with Crippen LogP contribution >= 0.6 is 11.8 Å². The fourth-order valence-corrected chi connectivity index (χ4v) is 3.39. The molecule has 1 aliphatic rings. The van der Waals surface area contributed by atoms with Crippen LogP contribution in [-0.4, -0.2) is 67.8 Å². The number of piperazine rings is 1. The Labute approximate surface area is 144 Å². The Kier molecular flexibility index (Phi) is 6.93. The number of nitrogens with one attached hydrogen (secondary N) is 1. The number of likely N-dealkylation sites (N-methyl/N-ethyl adjacent to an activating group) is 1. The molecule has 0 radical (unpaired) electrons. The van der Waals surface area contributed by atoms with Crippen LogP contribution in [-0.2, 0) is 0 Å². The molecule has 0 aliphatic carbocycles. The van der Waals surface area contributed by atoms with Crippen molar-refractivity contribution in [2.45, 2.75) is 24.8 Å². The number of carbonyl (C=O) groups is 1. The summed E-state index contributed by atoms with van der Waals surface area (Å²) in [7, 11) is 2.17. The molecule has 128 valence electrons. The van der Waals surface area contributed by atoms with Gasteiger partial charge in [-0.3, -0.25) is 9.69 Å². The van der Waals surface area contributed by atoms with Crippen LogP contribution in [0, 0.1) is 5.92 Å². The van der Waals surface area contributed by atoms with Crippen molar-refractivity contribution in [3.63, 3.8) is 0 Å². The molecule has 1 saturated heterocycles. The lowest BCUT2D eigenvalue weighted by molar-refractivity contribution is 0.0791. The van der Waals surface area contributed by atoms with Crippen molar-refractivity contribution < 1.29 is 4.79 Å². The molecule has 0 saturated carbocycles. The van der Waals surface area contributed by atoms with Crippen LogP contribution in [0.5, 0.6) is 0 Å². The van der Waals surface area contributed by atoms with Gasteiger partial charge in [0.15, 0.2) is 0 Å². The molecule has 2 rings (SSSR count). The van der Waals surface area contributed by atoms with Gasteiger partial charge >= 0.3 is 0 Å². The summed E-state index contributed by atoms with van der Waals surface area (Å²) >= 11 is 1.69. The smallest absolute Gasteiger partial charge is 0.251 e. The lowest BCUT2D eigenvalue weighted by Gasteiger charge is -2.39. The molecule has 1 heterocycles. The van der Waals surface area contributed by atoms with Gasteiger partial charge in [0, 0.05) is 49.2 Å². The molecule has 1 aromatic carbocycles. The fourth-order valence-electron chi connectivity index (χ4n) is 2.98. The number of benzene rings is 1. The Morgan fingerprint density at radius 3 is 2.30 bits per heavy atom. The molecule has 1 amide bonds. The summed E-state index contributed by atoms with van der Waals surface area (Å²) in [4.78, 5) is 18.4. The zero-order valence-corrected chi connectivity index (χ0v) is 15.5. The van der Waals surface area contributed by atoms with Crippen molar-refractivity contribution in [2.75, 3.05) is 46.0 Å². The number of rotatable bonds is 6. The van der Waals surface area contributed by atoms with Gasteiger partial charge < -0.3 is 10.2 Å². The number of amides is 1. The van der Waals surface area contributed by atoms with Crippen LogP contribution in [0.15, 0.2) is 29.2 Å².